The lowest BCUT2D eigenvalue weighted by atomic mass is 10.0. The van der Waals surface area contributed by atoms with Crippen molar-refractivity contribution < 1.29 is 27.4 Å². The van der Waals surface area contributed by atoms with Gasteiger partial charge in [-0.15, -0.1) is 0 Å². The molecule has 1 unspecified atom stereocenters. The number of nitrogens with zero attached hydrogens (tertiary/aromatic N) is 1. The number of carbonyl (C=O) groups is 1. The van der Waals surface area contributed by atoms with Crippen LogP contribution in [0.3, 0.4) is 0 Å². The average Bonchev–Trinajstić information content (AvgIpc) is 3.16. The highest BCUT2D eigenvalue weighted by Gasteiger charge is 2.40. The molecule has 0 bridgehead atoms. The standard InChI is InChI=1S/C17H23NO6S/c1-2-22-16(19)13-6-5-7-14(12-13)25(20,21)18-9-4-3-8-15(18)17-23-10-11-24-17/h5-7,12,15,17H,2-4,8-11H2,1H3. The second kappa shape index (κ2) is 7.82. The summed E-state index contributed by atoms with van der Waals surface area (Å²) in [6, 6.07) is 5.64. The lowest BCUT2D eigenvalue weighted by Gasteiger charge is -2.36. The minimum Gasteiger partial charge on any atom is -0.462 e. The third-order valence-electron chi connectivity index (χ3n) is 4.41. The number of ether oxygens (including phenoxy) is 3. The summed E-state index contributed by atoms with van der Waals surface area (Å²) in [7, 11) is -3.75. The Morgan fingerprint density at radius 2 is 2.04 bits per heavy atom. The summed E-state index contributed by atoms with van der Waals surface area (Å²) in [6.07, 6.45) is 1.90. The molecule has 0 aromatic heterocycles. The van der Waals surface area contributed by atoms with Crippen molar-refractivity contribution in [1.82, 2.24) is 4.31 Å². The molecule has 0 radical (unpaired) electrons. The molecule has 0 aliphatic carbocycles. The van der Waals surface area contributed by atoms with Gasteiger partial charge in [-0.3, -0.25) is 0 Å². The average molecular weight is 369 g/mol. The van der Waals surface area contributed by atoms with Gasteiger partial charge in [-0.05, 0) is 38.0 Å². The third-order valence-corrected chi connectivity index (χ3v) is 6.33. The fourth-order valence-corrected chi connectivity index (χ4v) is 4.96. The molecule has 2 fully saturated rings. The van der Waals surface area contributed by atoms with Crippen LogP contribution in [0, 0.1) is 0 Å². The van der Waals surface area contributed by atoms with E-state index in [1.165, 1.54) is 16.4 Å². The van der Waals surface area contributed by atoms with Crippen molar-refractivity contribution in [2.75, 3.05) is 26.4 Å². The van der Waals surface area contributed by atoms with E-state index in [9.17, 15) is 13.2 Å². The van der Waals surface area contributed by atoms with E-state index >= 15 is 0 Å². The highest BCUT2D eigenvalue weighted by atomic mass is 32.2. The van der Waals surface area contributed by atoms with E-state index in [2.05, 4.69) is 0 Å². The molecular formula is C17H23NO6S. The summed E-state index contributed by atoms with van der Waals surface area (Å²) in [4.78, 5) is 12.0. The number of rotatable bonds is 5. The number of hydrogen-bond donors (Lipinski definition) is 0. The van der Waals surface area contributed by atoms with Gasteiger partial charge in [0.2, 0.25) is 10.0 Å². The van der Waals surface area contributed by atoms with Crippen molar-refractivity contribution in [2.45, 2.75) is 43.4 Å². The molecule has 2 aliphatic rings. The predicted octanol–water partition coefficient (Wildman–Crippen LogP) is 1.78. The Hall–Kier alpha value is -1.48. The molecule has 1 aromatic carbocycles. The van der Waals surface area contributed by atoms with Gasteiger partial charge in [0.25, 0.3) is 0 Å². The number of benzene rings is 1. The lowest BCUT2D eigenvalue weighted by molar-refractivity contribution is -0.0913. The van der Waals surface area contributed by atoms with Gasteiger partial charge < -0.3 is 14.2 Å². The van der Waals surface area contributed by atoms with Gasteiger partial charge in [0.1, 0.15) is 0 Å². The van der Waals surface area contributed by atoms with Crippen molar-refractivity contribution in [1.29, 1.82) is 0 Å². The zero-order valence-corrected chi connectivity index (χ0v) is 15.0. The van der Waals surface area contributed by atoms with Crippen LogP contribution in [0.15, 0.2) is 29.2 Å². The van der Waals surface area contributed by atoms with E-state index in [4.69, 9.17) is 14.2 Å². The van der Waals surface area contributed by atoms with Crippen molar-refractivity contribution in [3.8, 4) is 0 Å². The molecular weight excluding hydrogens is 346 g/mol. The molecule has 138 valence electrons. The maximum absolute atomic E-state index is 13.1. The molecule has 8 heteroatoms. The molecule has 0 amide bonds. The van der Waals surface area contributed by atoms with Crippen molar-refractivity contribution in [3.63, 3.8) is 0 Å². The number of carbonyl (C=O) groups excluding carboxylic acids is 1. The normalized spacial score (nSPS) is 22.8. The Kier molecular flexibility index (Phi) is 5.73. The Bertz CT molecular complexity index is 714. The fraction of sp³-hybridized carbons (Fsp3) is 0.588. The van der Waals surface area contributed by atoms with Crippen LogP contribution in [0.25, 0.3) is 0 Å². The Morgan fingerprint density at radius 1 is 1.28 bits per heavy atom. The molecule has 1 atom stereocenters. The minimum absolute atomic E-state index is 0.0861. The zero-order valence-electron chi connectivity index (χ0n) is 14.2. The van der Waals surface area contributed by atoms with Crippen LogP contribution >= 0.6 is 0 Å². The molecule has 1 aromatic rings. The lowest BCUT2D eigenvalue weighted by Crippen LogP contribution is -2.50. The Morgan fingerprint density at radius 3 is 2.76 bits per heavy atom. The van der Waals surface area contributed by atoms with E-state index < -0.39 is 22.3 Å². The van der Waals surface area contributed by atoms with Crippen LogP contribution in [0.5, 0.6) is 0 Å². The van der Waals surface area contributed by atoms with E-state index in [0.717, 1.165) is 12.8 Å². The summed E-state index contributed by atoms with van der Waals surface area (Å²) in [6.45, 7) is 3.32. The van der Waals surface area contributed by atoms with Crippen LogP contribution in [0.1, 0.15) is 36.5 Å². The summed E-state index contributed by atoms with van der Waals surface area (Å²) >= 11 is 0. The summed E-state index contributed by atoms with van der Waals surface area (Å²) in [5, 5.41) is 0. The smallest absolute Gasteiger partial charge is 0.338 e. The molecule has 2 heterocycles. The van der Waals surface area contributed by atoms with Gasteiger partial charge in [0.05, 0.1) is 36.3 Å². The first kappa shape index (κ1) is 18.3. The highest BCUT2D eigenvalue weighted by Crippen LogP contribution is 2.30. The van der Waals surface area contributed by atoms with Crippen LogP contribution in [0.2, 0.25) is 0 Å². The van der Waals surface area contributed by atoms with Gasteiger partial charge in [0, 0.05) is 6.54 Å². The predicted molar refractivity (Wildman–Crippen MR) is 89.6 cm³/mol. The molecule has 2 aliphatic heterocycles. The Balaban J connectivity index is 1.89. The third kappa shape index (κ3) is 3.87. The second-order valence-corrected chi connectivity index (χ2v) is 7.93. The van der Waals surface area contributed by atoms with Crippen LogP contribution in [-0.2, 0) is 24.2 Å². The summed E-state index contributed by atoms with van der Waals surface area (Å²) in [5.74, 6) is -0.530. The number of piperidine rings is 1. The maximum atomic E-state index is 13.1. The van der Waals surface area contributed by atoms with Crippen LogP contribution < -0.4 is 0 Å². The van der Waals surface area contributed by atoms with Gasteiger partial charge in [-0.2, -0.15) is 4.31 Å². The van der Waals surface area contributed by atoms with E-state index in [1.54, 1.807) is 19.1 Å². The fourth-order valence-electron chi connectivity index (χ4n) is 3.23. The summed E-state index contributed by atoms with van der Waals surface area (Å²) < 4.78 is 43.8. The first-order chi connectivity index (χ1) is 12.0. The van der Waals surface area contributed by atoms with Crippen molar-refractivity contribution >= 4 is 16.0 Å². The minimum atomic E-state index is -3.75. The van der Waals surface area contributed by atoms with Crippen LogP contribution in [0.4, 0.5) is 0 Å². The van der Waals surface area contributed by atoms with E-state index in [0.29, 0.717) is 26.2 Å². The molecule has 2 saturated heterocycles. The Labute approximate surface area is 147 Å². The topological polar surface area (TPSA) is 82.1 Å². The zero-order chi connectivity index (χ0) is 17.9. The van der Waals surface area contributed by atoms with Gasteiger partial charge in [-0.25, -0.2) is 13.2 Å². The largest absolute Gasteiger partial charge is 0.462 e. The van der Waals surface area contributed by atoms with E-state index in [1.807, 2.05) is 0 Å². The number of sulfonamides is 1. The number of hydrogen-bond acceptors (Lipinski definition) is 6. The van der Waals surface area contributed by atoms with E-state index in [-0.39, 0.29) is 23.1 Å². The highest BCUT2D eigenvalue weighted by molar-refractivity contribution is 7.89. The first-order valence-corrected chi connectivity index (χ1v) is 10.0. The van der Waals surface area contributed by atoms with Crippen molar-refractivity contribution in [2.24, 2.45) is 0 Å². The van der Waals surface area contributed by atoms with Crippen LogP contribution in [-0.4, -0.2) is 57.4 Å². The SMILES string of the molecule is CCOC(=O)c1cccc(S(=O)(=O)N2CCCCC2C2OCCO2)c1. The maximum Gasteiger partial charge on any atom is 0.338 e. The first-order valence-electron chi connectivity index (χ1n) is 8.56. The quantitative estimate of drug-likeness (QED) is 0.736. The molecule has 0 saturated carbocycles. The molecule has 7 nitrogen and oxygen atoms in total. The molecule has 0 spiro atoms. The van der Waals surface area contributed by atoms with Gasteiger partial charge >= 0.3 is 5.97 Å². The molecule has 25 heavy (non-hydrogen) atoms. The van der Waals surface area contributed by atoms with Crippen molar-refractivity contribution in [3.05, 3.63) is 29.8 Å². The molecule has 3 rings (SSSR count). The second-order valence-electron chi connectivity index (χ2n) is 6.04. The monoisotopic (exact) mass is 369 g/mol. The number of esters is 1. The van der Waals surface area contributed by atoms with Gasteiger partial charge in [-0.1, -0.05) is 12.5 Å². The molecule has 0 N–H and O–H groups in total. The summed E-state index contributed by atoms with van der Waals surface area (Å²) in [5.41, 5.74) is 0.227. The van der Waals surface area contributed by atoms with Gasteiger partial charge in [0.15, 0.2) is 6.29 Å².